The van der Waals surface area contributed by atoms with E-state index >= 15 is 0 Å². The van der Waals surface area contributed by atoms with Crippen molar-refractivity contribution in [3.05, 3.63) is 88.6 Å². The molecule has 1 aliphatic rings. The van der Waals surface area contributed by atoms with Crippen LogP contribution in [0.3, 0.4) is 0 Å². The van der Waals surface area contributed by atoms with Crippen molar-refractivity contribution in [2.75, 3.05) is 6.61 Å². The van der Waals surface area contributed by atoms with Gasteiger partial charge in [-0.15, -0.1) is 0 Å². The lowest BCUT2D eigenvalue weighted by Crippen LogP contribution is -2.32. The van der Waals surface area contributed by atoms with Crippen LogP contribution in [0, 0.1) is 10.1 Å². The fourth-order valence-corrected chi connectivity index (χ4v) is 3.64. The molecule has 0 unspecified atom stereocenters. The number of nitrogens with zero attached hydrogens (tertiary/aromatic N) is 3. The second-order valence-corrected chi connectivity index (χ2v) is 7.29. The molecular weight excluding hydrogens is 382 g/mol. The Morgan fingerprint density at radius 3 is 2.63 bits per heavy atom. The zero-order chi connectivity index (χ0) is 20.5. The molecule has 5 rings (SSSR count). The summed E-state index contributed by atoms with van der Waals surface area (Å²) in [5.41, 5.74) is 3.39. The summed E-state index contributed by atoms with van der Waals surface area (Å²) < 4.78 is 13.1. The van der Waals surface area contributed by atoms with Gasteiger partial charge in [0.15, 0.2) is 0 Å². The van der Waals surface area contributed by atoms with Crippen LogP contribution in [0.5, 0.6) is 6.01 Å². The van der Waals surface area contributed by atoms with E-state index in [0.717, 1.165) is 11.1 Å². The van der Waals surface area contributed by atoms with Gasteiger partial charge in [0.1, 0.15) is 18.9 Å². The van der Waals surface area contributed by atoms with Crippen LogP contribution < -0.4 is 4.74 Å². The van der Waals surface area contributed by atoms with E-state index < -0.39 is 4.92 Å². The highest BCUT2D eigenvalue weighted by Gasteiger charge is 2.28. The van der Waals surface area contributed by atoms with Crippen LogP contribution >= 0.6 is 0 Å². The molecule has 7 heteroatoms. The average Bonchev–Trinajstić information content (AvgIpc) is 3.22. The normalized spacial score (nSPS) is 15.5. The predicted octanol–water partition coefficient (Wildman–Crippen LogP) is 4.59. The lowest BCUT2D eigenvalue weighted by Gasteiger charge is -2.22. The predicted molar refractivity (Wildman–Crippen MR) is 112 cm³/mol. The third-order valence-electron chi connectivity index (χ3n) is 5.24. The van der Waals surface area contributed by atoms with Crippen LogP contribution in [0.4, 0.5) is 5.82 Å². The van der Waals surface area contributed by atoms with Crippen LogP contribution in [0.15, 0.2) is 72.9 Å². The number of benzene rings is 3. The lowest BCUT2D eigenvalue weighted by molar-refractivity contribution is -0.389. The van der Waals surface area contributed by atoms with E-state index in [1.54, 1.807) is 4.57 Å². The Labute approximate surface area is 172 Å². The molecule has 0 bridgehead atoms. The Bertz CT molecular complexity index is 1220. The molecular formula is C23H19N3O4. The second-order valence-electron chi connectivity index (χ2n) is 7.29. The Balaban J connectivity index is 1.23. The second kappa shape index (κ2) is 7.61. The van der Waals surface area contributed by atoms with Crippen LogP contribution in [0.2, 0.25) is 0 Å². The summed E-state index contributed by atoms with van der Waals surface area (Å²) in [6, 6.07) is 23.4. The minimum absolute atomic E-state index is 0.188. The molecule has 0 spiro atoms. The third-order valence-corrected chi connectivity index (χ3v) is 5.24. The lowest BCUT2D eigenvalue weighted by atomic mass is 10.0. The Morgan fingerprint density at radius 1 is 1.07 bits per heavy atom. The van der Waals surface area contributed by atoms with Crippen LogP contribution in [-0.2, 0) is 17.9 Å². The van der Waals surface area contributed by atoms with Crippen molar-refractivity contribution in [1.29, 1.82) is 0 Å². The zero-order valence-corrected chi connectivity index (χ0v) is 16.1. The first kappa shape index (κ1) is 18.3. The molecule has 150 valence electrons. The maximum atomic E-state index is 10.8. The molecule has 1 aromatic heterocycles. The molecule has 0 fully saturated rings. The minimum Gasteiger partial charge on any atom is -0.443 e. The summed E-state index contributed by atoms with van der Waals surface area (Å²) >= 11 is 0. The fraction of sp³-hybridized carbons (Fsp3) is 0.174. The highest BCUT2D eigenvalue weighted by molar-refractivity contribution is 5.87. The van der Waals surface area contributed by atoms with Crippen molar-refractivity contribution in [3.8, 4) is 17.1 Å². The Kier molecular flexibility index (Phi) is 4.65. The summed E-state index contributed by atoms with van der Waals surface area (Å²) in [6.07, 6.45) is 1.19. The molecule has 1 aliphatic heterocycles. The van der Waals surface area contributed by atoms with Gasteiger partial charge >= 0.3 is 11.8 Å². The molecule has 0 saturated carbocycles. The van der Waals surface area contributed by atoms with Gasteiger partial charge in [-0.25, -0.2) is 0 Å². The van der Waals surface area contributed by atoms with Crippen molar-refractivity contribution < 1.29 is 14.4 Å². The average molecular weight is 401 g/mol. The number of aromatic nitrogens is 2. The number of hydrogen-bond donors (Lipinski definition) is 0. The summed E-state index contributed by atoms with van der Waals surface area (Å²) in [5.74, 6) is -0.213. The van der Waals surface area contributed by atoms with Crippen molar-refractivity contribution in [2.24, 2.45) is 0 Å². The molecule has 7 nitrogen and oxygen atoms in total. The summed E-state index contributed by atoms with van der Waals surface area (Å²) in [6.45, 7) is 1.24. The molecule has 1 atom stereocenters. The van der Waals surface area contributed by atoms with Gasteiger partial charge in [0.05, 0.1) is 13.2 Å². The highest BCUT2D eigenvalue weighted by Crippen LogP contribution is 2.26. The quantitative estimate of drug-likeness (QED) is 0.361. The molecule has 0 saturated heterocycles. The maximum Gasteiger partial charge on any atom is 0.414 e. The summed E-state index contributed by atoms with van der Waals surface area (Å²) in [7, 11) is 0. The number of imidazole rings is 1. The van der Waals surface area contributed by atoms with E-state index in [9.17, 15) is 10.1 Å². The number of rotatable bonds is 5. The molecule has 0 amide bonds. The van der Waals surface area contributed by atoms with Gasteiger partial charge in [-0.3, -0.25) is 4.57 Å². The van der Waals surface area contributed by atoms with Crippen LogP contribution in [0.1, 0.15) is 5.56 Å². The summed E-state index contributed by atoms with van der Waals surface area (Å²) in [4.78, 5) is 14.2. The first-order valence-corrected chi connectivity index (χ1v) is 9.70. The smallest absolute Gasteiger partial charge is 0.414 e. The molecule has 0 radical (unpaired) electrons. The SMILES string of the molecule is O=[N+]([O-])c1cn2c(n1)OC[C@@H](OCc1ccc(-c3ccc4ccccc4c3)cc1)C2. The number of fused-ring (bicyclic) bond motifs is 2. The van der Waals surface area contributed by atoms with Crippen molar-refractivity contribution in [1.82, 2.24) is 9.55 Å². The van der Waals surface area contributed by atoms with Gasteiger partial charge in [-0.05, 0) is 38.5 Å². The van der Waals surface area contributed by atoms with Gasteiger partial charge in [0, 0.05) is 4.98 Å². The van der Waals surface area contributed by atoms with Crippen molar-refractivity contribution >= 4 is 16.6 Å². The van der Waals surface area contributed by atoms with Gasteiger partial charge in [-0.2, -0.15) is 0 Å². The molecule has 3 aromatic carbocycles. The van der Waals surface area contributed by atoms with Gasteiger partial charge < -0.3 is 19.6 Å². The van der Waals surface area contributed by atoms with Crippen LogP contribution in [0.25, 0.3) is 21.9 Å². The van der Waals surface area contributed by atoms with E-state index in [1.807, 2.05) is 12.1 Å². The van der Waals surface area contributed by atoms with Crippen molar-refractivity contribution in [2.45, 2.75) is 19.3 Å². The van der Waals surface area contributed by atoms with Crippen LogP contribution in [-0.4, -0.2) is 27.2 Å². The highest BCUT2D eigenvalue weighted by atomic mass is 16.6. The zero-order valence-electron chi connectivity index (χ0n) is 16.1. The van der Waals surface area contributed by atoms with E-state index in [-0.39, 0.29) is 17.9 Å². The number of ether oxygens (including phenoxy) is 2. The first-order chi connectivity index (χ1) is 14.7. The summed E-state index contributed by atoms with van der Waals surface area (Å²) in [5, 5.41) is 13.3. The maximum absolute atomic E-state index is 10.8. The Morgan fingerprint density at radius 2 is 1.83 bits per heavy atom. The molecule has 0 N–H and O–H groups in total. The molecule has 0 aliphatic carbocycles. The van der Waals surface area contributed by atoms with E-state index in [2.05, 4.69) is 59.6 Å². The van der Waals surface area contributed by atoms with Gasteiger partial charge in [0.2, 0.25) is 0 Å². The topological polar surface area (TPSA) is 79.4 Å². The molecule has 2 heterocycles. The van der Waals surface area contributed by atoms with Gasteiger partial charge in [-0.1, -0.05) is 60.7 Å². The molecule has 30 heavy (non-hydrogen) atoms. The van der Waals surface area contributed by atoms with E-state index in [4.69, 9.17) is 9.47 Å². The van der Waals surface area contributed by atoms with E-state index in [0.29, 0.717) is 19.8 Å². The number of hydrogen-bond acceptors (Lipinski definition) is 5. The van der Waals surface area contributed by atoms with E-state index in [1.165, 1.54) is 22.5 Å². The molecule has 4 aromatic rings. The monoisotopic (exact) mass is 401 g/mol. The van der Waals surface area contributed by atoms with Gasteiger partial charge in [0.25, 0.3) is 0 Å². The Hall–Kier alpha value is -3.71. The fourth-order valence-electron chi connectivity index (χ4n) is 3.64. The first-order valence-electron chi connectivity index (χ1n) is 9.70. The minimum atomic E-state index is -0.526. The standard InChI is InChI=1S/C23H19N3O4/c27-26(28)22-13-25-12-21(15-30-23(25)24-22)29-14-16-5-7-18(8-6-16)20-10-9-17-3-1-2-4-19(17)11-20/h1-11,13,21H,12,14-15H2/t21-/m0/s1. The van der Waals surface area contributed by atoms with Crippen molar-refractivity contribution in [3.63, 3.8) is 0 Å². The third kappa shape index (κ3) is 3.62. The largest absolute Gasteiger partial charge is 0.443 e. The number of nitro groups is 1.